The molecule has 0 aromatic heterocycles. The summed E-state index contributed by atoms with van der Waals surface area (Å²) in [5, 5.41) is 13.3. The van der Waals surface area contributed by atoms with Crippen LogP contribution in [0.3, 0.4) is 0 Å². The van der Waals surface area contributed by atoms with Gasteiger partial charge in [0.15, 0.2) is 0 Å². The number of nitrogens with zero attached hydrogens (tertiary/aromatic N) is 1. The largest absolute Gasteiger partial charge is 0.462 e. The van der Waals surface area contributed by atoms with Crippen molar-refractivity contribution < 1.29 is 19.2 Å². The number of hydrogen-bond donors (Lipinski definition) is 1. The van der Waals surface area contributed by atoms with Crippen LogP contribution in [0.15, 0.2) is 54.6 Å². The van der Waals surface area contributed by atoms with Crippen LogP contribution in [-0.2, 0) is 9.53 Å². The molecule has 0 fully saturated rings. The Morgan fingerprint density at radius 2 is 1.77 bits per heavy atom. The number of carbonyl (C=O) groups is 2. The number of esters is 1. The minimum Gasteiger partial charge on any atom is -0.462 e. The molecule has 0 atom stereocenters. The topological polar surface area (TPSA) is 98.5 Å². The summed E-state index contributed by atoms with van der Waals surface area (Å²) >= 11 is 0. The van der Waals surface area contributed by atoms with E-state index in [0.717, 1.165) is 6.42 Å². The summed E-state index contributed by atoms with van der Waals surface area (Å²) in [5.41, 5.74) is 1.61. The molecule has 26 heavy (non-hydrogen) atoms. The van der Waals surface area contributed by atoms with Gasteiger partial charge in [-0.1, -0.05) is 6.92 Å². The lowest BCUT2D eigenvalue weighted by molar-refractivity contribution is -0.384. The Bertz CT molecular complexity index is 811. The van der Waals surface area contributed by atoms with Gasteiger partial charge in [-0.25, -0.2) is 4.79 Å². The van der Waals surface area contributed by atoms with Crippen LogP contribution in [0.1, 0.15) is 29.3 Å². The van der Waals surface area contributed by atoms with E-state index < -0.39 is 10.9 Å². The van der Waals surface area contributed by atoms with E-state index in [9.17, 15) is 19.7 Å². The maximum absolute atomic E-state index is 11.9. The quantitative estimate of drug-likeness (QED) is 0.353. The number of hydrogen-bond acceptors (Lipinski definition) is 5. The van der Waals surface area contributed by atoms with Gasteiger partial charge in [0.2, 0.25) is 5.91 Å². The molecule has 2 aromatic rings. The molecule has 134 valence electrons. The fourth-order valence-electron chi connectivity index (χ4n) is 2.03. The first kappa shape index (κ1) is 18.9. The molecule has 1 N–H and O–H groups in total. The molecule has 2 rings (SSSR count). The maximum atomic E-state index is 11.9. The highest BCUT2D eigenvalue weighted by molar-refractivity contribution is 6.02. The van der Waals surface area contributed by atoms with Crippen LogP contribution < -0.4 is 5.32 Å². The monoisotopic (exact) mass is 354 g/mol. The van der Waals surface area contributed by atoms with E-state index >= 15 is 0 Å². The molecule has 0 bridgehead atoms. The van der Waals surface area contributed by atoms with Gasteiger partial charge in [-0.05, 0) is 54.5 Å². The Balaban J connectivity index is 1.92. The Hall–Kier alpha value is -3.48. The van der Waals surface area contributed by atoms with Crippen LogP contribution in [0.2, 0.25) is 0 Å². The second-order valence-electron chi connectivity index (χ2n) is 5.38. The minimum atomic E-state index is -0.484. The number of non-ortho nitro benzene ring substituents is 1. The number of nitrogens with one attached hydrogen (secondary N) is 1. The average molecular weight is 354 g/mol. The third-order valence-electron chi connectivity index (χ3n) is 3.36. The van der Waals surface area contributed by atoms with Gasteiger partial charge in [0, 0.05) is 23.9 Å². The van der Waals surface area contributed by atoms with Crippen LogP contribution in [-0.4, -0.2) is 23.4 Å². The van der Waals surface area contributed by atoms with Crippen molar-refractivity contribution >= 4 is 29.3 Å². The number of anilines is 1. The van der Waals surface area contributed by atoms with Gasteiger partial charge in [0.1, 0.15) is 0 Å². The van der Waals surface area contributed by atoms with Crippen molar-refractivity contribution in [2.75, 3.05) is 11.9 Å². The van der Waals surface area contributed by atoms with Gasteiger partial charge in [0.25, 0.3) is 5.69 Å². The van der Waals surface area contributed by atoms with Crippen molar-refractivity contribution in [2.24, 2.45) is 0 Å². The number of ether oxygens (including phenoxy) is 1. The highest BCUT2D eigenvalue weighted by Crippen LogP contribution is 2.14. The van der Waals surface area contributed by atoms with E-state index in [1.54, 1.807) is 42.5 Å². The molecule has 0 aliphatic rings. The Kier molecular flexibility index (Phi) is 6.61. The van der Waals surface area contributed by atoms with Gasteiger partial charge in [-0.2, -0.15) is 0 Å². The molecule has 7 heteroatoms. The number of benzene rings is 2. The fraction of sp³-hybridized carbons (Fsp3) is 0.158. The third-order valence-corrected chi connectivity index (χ3v) is 3.36. The highest BCUT2D eigenvalue weighted by atomic mass is 16.6. The normalized spacial score (nSPS) is 10.5. The molecule has 7 nitrogen and oxygen atoms in total. The molecule has 0 radical (unpaired) electrons. The Morgan fingerprint density at radius 1 is 1.12 bits per heavy atom. The average Bonchev–Trinajstić information content (AvgIpc) is 2.65. The summed E-state index contributed by atoms with van der Waals surface area (Å²) in [4.78, 5) is 33.7. The zero-order valence-corrected chi connectivity index (χ0v) is 14.2. The number of nitro benzene ring substituents is 1. The van der Waals surface area contributed by atoms with E-state index in [4.69, 9.17) is 4.74 Å². The Morgan fingerprint density at radius 3 is 2.35 bits per heavy atom. The summed E-state index contributed by atoms with van der Waals surface area (Å²) < 4.78 is 5.03. The van der Waals surface area contributed by atoms with Crippen LogP contribution in [0.25, 0.3) is 6.08 Å². The first-order chi connectivity index (χ1) is 12.5. The molecular weight excluding hydrogens is 336 g/mol. The standard InChI is InChI=1S/C19H18N2O5/c1-2-13-26-19(23)15-6-8-16(9-7-15)20-18(22)12-5-14-3-10-17(11-4-14)21(24)25/h3-12H,2,13H2,1H3,(H,20,22). The van der Waals surface area contributed by atoms with Gasteiger partial charge in [-0.15, -0.1) is 0 Å². The van der Waals surface area contributed by atoms with Crippen molar-refractivity contribution in [1.29, 1.82) is 0 Å². The predicted molar refractivity (Wildman–Crippen MR) is 97.8 cm³/mol. The van der Waals surface area contributed by atoms with Crippen molar-refractivity contribution in [2.45, 2.75) is 13.3 Å². The molecule has 0 saturated heterocycles. The van der Waals surface area contributed by atoms with Crippen molar-refractivity contribution in [1.82, 2.24) is 0 Å². The summed E-state index contributed by atoms with van der Waals surface area (Å²) in [6.45, 7) is 2.28. The molecule has 2 aromatic carbocycles. The van der Waals surface area contributed by atoms with Crippen molar-refractivity contribution in [3.8, 4) is 0 Å². The number of rotatable bonds is 7. The summed E-state index contributed by atoms with van der Waals surface area (Å²) in [6, 6.07) is 12.2. The second-order valence-corrected chi connectivity index (χ2v) is 5.38. The molecule has 0 spiro atoms. The summed E-state index contributed by atoms with van der Waals surface area (Å²) in [5.74, 6) is -0.757. The van der Waals surface area contributed by atoms with Crippen LogP contribution in [0.4, 0.5) is 11.4 Å². The molecule has 1 amide bonds. The highest BCUT2D eigenvalue weighted by Gasteiger charge is 2.07. The van der Waals surface area contributed by atoms with Crippen LogP contribution in [0.5, 0.6) is 0 Å². The summed E-state index contributed by atoms with van der Waals surface area (Å²) in [7, 11) is 0. The van der Waals surface area contributed by atoms with Gasteiger partial charge < -0.3 is 10.1 Å². The molecule has 0 unspecified atom stereocenters. The third kappa shape index (κ3) is 5.55. The van der Waals surface area contributed by atoms with Crippen LogP contribution in [0, 0.1) is 10.1 Å². The molecule has 0 heterocycles. The van der Waals surface area contributed by atoms with Crippen molar-refractivity contribution in [3.63, 3.8) is 0 Å². The summed E-state index contributed by atoms with van der Waals surface area (Å²) in [6.07, 6.45) is 3.63. The zero-order valence-electron chi connectivity index (χ0n) is 14.2. The second kappa shape index (κ2) is 9.12. The molecule has 0 saturated carbocycles. The maximum Gasteiger partial charge on any atom is 0.338 e. The van der Waals surface area contributed by atoms with E-state index in [-0.39, 0.29) is 11.6 Å². The van der Waals surface area contributed by atoms with E-state index in [1.807, 2.05) is 6.92 Å². The Labute approximate surface area is 150 Å². The van der Waals surface area contributed by atoms with Crippen LogP contribution >= 0.6 is 0 Å². The SMILES string of the molecule is CCCOC(=O)c1ccc(NC(=O)C=Cc2ccc([N+](=O)[O-])cc2)cc1. The molecule has 0 aliphatic carbocycles. The predicted octanol–water partition coefficient (Wildman–Crippen LogP) is 3.81. The van der Waals surface area contributed by atoms with E-state index in [0.29, 0.717) is 23.4 Å². The smallest absolute Gasteiger partial charge is 0.338 e. The lowest BCUT2D eigenvalue weighted by atomic mass is 10.2. The van der Waals surface area contributed by atoms with Crippen molar-refractivity contribution in [3.05, 3.63) is 75.8 Å². The first-order valence-electron chi connectivity index (χ1n) is 8.00. The lowest BCUT2D eigenvalue weighted by Gasteiger charge is -2.05. The van der Waals surface area contributed by atoms with Gasteiger partial charge in [0.05, 0.1) is 17.1 Å². The number of nitro groups is 1. The number of carbonyl (C=O) groups excluding carboxylic acids is 2. The molecular formula is C19H18N2O5. The molecule has 0 aliphatic heterocycles. The first-order valence-corrected chi connectivity index (χ1v) is 8.00. The zero-order chi connectivity index (χ0) is 18.9. The fourth-order valence-corrected chi connectivity index (χ4v) is 2.03. The minimum absolute atomic E-state index is 0.0100. The van der Waals surface area contributed by atoms with Gasteiger partial charge in [-0.3, -0.25) is 14.9 Å². The van der Waals surface area contributed by atoms with E-state index in [2.05, 4.69) is 5.32 Å². The lowest BCUT2D eigenvalue weighted by Crippen LogP contribution is -2.09. The van der Waals surface area contributed by atoms with E-state index in [1.165, 1.54) is 18.2 Å². The van der Waals surface area contributed by atoms with Gasteiger partial charge >= 0.3 is 5.97 Å². The number of amides is 1.